The molecule has 2 unspecified atom stereocenters. The number of phosphoric ester groups is 1. The van der Waals surface area contributed by atoms with Crippen LogP contribution in [-0.2, 0) is 19.4 Å². The molecule has 8 heteroatoms. The number of halogens is 1. The van der Waals surface area contributed by atoms with Crippen LogP contribution < -0.4 is 5.73 Å². The van der Waals surface area contributed by atoms with Gasteiger partial charge in [-0.25, -0.2) is 4.57 Å². The molecule has 110 valence electrons. The minimum absolute atomic E-state index is 0.230. The molecule has 0 amide bonds. The molecule has 0 saturated heterocycles. The first-order chi connectivity index (χ1) is 9.24. The van der Waals surface area contributed by atoms with Crippen molar-refractivity contribution < 1.29 is 23.7 Å². The Morgan fingerprint density at radius 2 is 2.05 bits per heavy atom. The molecule has 1 aromatic rings. The molecular formula is C12H15ClNO5P. The Labute approximate surface area is 121 Å². The second kappa shape index (κ2) is 5.56. The van der Waals surface area contributed by atoms with Crippen LogP contribution in [-0.4, -0.2) is 21.7 Å². The van der Waals surface area contributed by atoms with Gasteiger partial charge < -0.3 is 15.5 Å². The lowest BCUT2D eigenvalue weighted by Gasteiger charge is -2.36. The summed E-state index contributed by atoms with van der Waals surface area (Å²) in [6.45, 7) is 0. The molecule has 0 radical (unpaired) electrons. The Hall–Kier alpha value is -0.750. The summed E-state index contributed by atoms with van der Waals surface area (Å²) in [6, 6.07) is 6.68. The summed E-state index contributed by atoms with van der Waals surface area (Å²) in [6.07, 6.45) is -0.118. The molecule has 1 aliphatic rings. The van der Waals surface area contributed by atoms with Crippen molar-refractivity contribution >= 4 is 25.2 Å². The first-order valence-electron chi connectivity index (χ1n) is 6.06. The minimum atomic E-state index is -4.74. The fraction of sp³-hybridized carbons (Fsp3) is 0.417. The molecule has 1 aromatic carbocycles. The molecule has 2 rings (SSSR count). The Morgan fingerprint density at radius 3 is 2.65 bits per heavy atom. The van der Waals surface area contributed by atoms with Crippen LogP contribution in [0.25, 0.3) is 0 Å². The van der Waals surface area contributed by atoms with Crippen LogP contribution in [0.3, 0.4) is 0 Å². The zero-order valence-electron chi connectivity index (χ0n) is 10.5. The molecule has 1 fully saturated rings. The number of benzene rings is 1. The largest absolute Gasteiger partial charge is 0.470 e. The van der Waals surface area contributed by atoms with E-state index in [0.717, 1.165) is 0 Å². The van der Waals surface area contributed by atoms with E-state index in [0.29, 0.717) is 23.4 Å². The molecule has 4 N–H and O–H groups in total. The molecule has 6 nitrogen and oxygen atoms in total. The predicted molar refractivity (Wildman–Crippen MR) is 73.1 cm³/mol. The highest BCUT2D eigenvalue weighted by atomic mass is 35.5. The van der Waals surface area contributed by atoms with E-state index >= 15 is 0 Å². The van der Waals surface area contributed by atoms with Gasteiger partial charge in [0.05, 0.1) is 0 Å². The molecule has 1 saturated carbocycles. The van der Waals surface area contributed by atoms with E-state index in [1.165, 1.54) is 0 Å². The lowest BCUT2D eigenvalue weighted by Crippen LogP contribution is -2.53. The van der Waals surface area contributed by atoms with E-state index in [1.807, 2.05) is 0 Å². The summed E-state index contributed by atoms with van der Waals surface area (Å²) in [5.41, 5.74) is 5.24. The van der Waals surface area contributed by atoms with E-state index in [9.17, 15) is 9.36 Å². The zero-order chi connectivity index (χ0) is 15.0. The van der Waals surface area contributed by atoms with Crippen molar-refractivity contribution in [3.63, 3.8) is 0 Å². The van der Waals surface area contributed by atoms with Crippen molar-refractivity contribution in [2.75, 3.05) is 0 Å². The van der Waals surface area contributed by atoms with Gasteiger partial charge in [-0.2, -0.15) is 0 Å². The quantitative estimate of drug-likeness (QED) is 0.732. The predicted octanol–water partition coefficient (Wildman–Crippen LogP) is 1.72. The van der Waals surface area contributed by atoms with Gasteiger partial charge in [0.25, 0.3) is 0 Å². The van der Waals surface area contributed by atoms with Crippen LogP contribution in [0.1, 0.15) is 24.8 Å². The highest BCUT2D eigenvalue weighted by molar-refractivity contribution is 7.46. The third-order valence-corrected chi connectivity index (χ3v) is 4.25. The molecule has 2 atom stereocenters. The van der Waals surface area contributed by atoms with Crippen LogP contribution in [0.5, 0.6) is 0 Å². The van der Waals surface area contributed by atoms with Gasteiger partial charge in [-0.1, -0.05) is 29.8 Å². The highest BCUT2D eigenvalue weighted by Gasteiger charge is 2.46. The fourth-order valence-electron chi connectivity index (χ4n) is 2.46. The van der Waals surface area contributed by atoms with E-state index < -0.39 is 25.2 Å². The summed E-state index contributed by atoms with van der Waals surface area (Å²) in [5.74, 6) is -0.555. The fourth-order valence-corrected chi connectivity index (χ4v) is 3.30. The van der Waals surface area contributed by atoms with Gasteiger partial charge in [-0.15, -0.1) is 0 Å². The minimum Gasteiger partial charge on any atom is -0.315 e. The number of carbonyl (C=O) groups excluding carboxylic acids is 1. The van der Waals surface area contributed by atoms with Crippen molar-refractivity contribution in [1.82, 2.24) is 0 Å². The van der Waals surface area contributed by atoms with Crippen LogP contribution in [0.2, 0.25) is 5.02 Å². The number of rotatable bonds is 3. The van der Waals surface area contributed by atoms with Crippen molar-refractivity contribution in [1.29, 1.82) is 0 Å². The maximum absolute atomic E-state index is 12.4. The Morgan fingerprint density at radius 1 is 1.40 bits per heavy atom. The third-order valence-electron chi connectivity index (χ3n) is 3.39. The number of phosphoric acid groups is 1. The van der Waals surface area contributed by atoms with Gasteiger partial charge in [0, 0.05) is 5.02 Å². The Bertz CT molecular complexity index is 575. The Balaban J connectivity index is 2.34. The van der Waals surface area contributed by atoms with E-state index in [2.05, 4.69) is 4.52 Å². The summed E-state index contributed by atoms with van der Waals surface area (Å²) in [5, 5.41) is 0.347. The molecule has 0 spiro atoms. The van der Waals surface area contributed by atoms with E-state index in [4.69, 9.17) is 27.1 Å². The van der Waals surface area contributed by atoms with Gasteiger partial charge in [0.1, 0.15) is 11.6 Å². The smallest absolute Gasteiger partial charge is 0.315 e. The van der Waals surface area contributed by atoms with Gasteiger partial charge in [0.15, 0.2) is 5.78 Å². The van der Waals surface area contributed by atoms with E-state index in [-0.39, 0.29) is 6.42 Å². The number of hydrogen-bond acceptors (Lipinski definition) is 4. The first-order valence-corrected chi connectivity index (χ1v) is 7.97. The first kappa shape index (κ1) is 15.6. The van der Waals surface area contributed by atoms with Crippen molar-refractivity contribution in [2.24, 2.45) is 5.73 Å². The lowest BCUT2D eigenvalue weighted by molar-refractivity contribution is -0.135. The number of nitrogens with two attached hydrogens (primary N) is 1. The maximum atomic E-state index is 12.4. The normalized spacial score (nSPS) is 27.6. The number of ketones is 1. The average molecular weight is 320 g/mol. The molecule has 0 aliphatic heterocycles. The van der Waals surface area contributed by atoms with Gasteiger partial charge in [-0.3, -0.25) is 9.32 Å². The summed E-state index contributed by atoms with van der Waals surface area (Å²) in [4.78, 5) is 30.1. The molecule has 0 bridgehead atoms. The Kier molecular flexibility index (Phi) is 4.35. The number of Topliss-reactive ketones (excluding diaryl/α,β-unsaturated/α-hetero) is 1. The van der Waals surface area contributed by atoms with Crippen LogP contribution in [0.15, 0.2) is 24.3 Å². The van der Waals surface area contributed by atoms with Crippen LogP contribution >= 0.6 is 19.4 Å². The second-order valence-electron chi connectivity index (χ2n) is 4.79. The third kappa shape index (κ3) is 3.11. The summed E-state index contributed by atoms with van der Waals surface area (Å²) in [7, 11) is -4.74. The number of hydrogen-bond donors (Lipinski definition) is 3. The van der Waals surface area contributed by atoms with E-state index in [1.54, 1.807) is 24.3 Å². The van der Waals surface area contributed by atoms with Crippen LogP contribution in [0.4, 0.5) is 0 Å². The second-order valence-corrected chi connectivity index (χ2v) is 6.39. The molecule has 0 heterocycles. The zero-order valence-corrected chi connectivity index (χ0v) is 12.2. The summed E-state index contributed by atoms with van der Waals surface area (Å²) >= 11 is 6.07. The monoisotopic (exact) mass is 319 g/mol. The highest BCUT2D eigenvalue weighted by Crippen LogP contribution is 2.43. The number of carbonyl (C=O) groups is 1. The summed E-state index contributed by atoms with van der Waals surface area (Å²) < 4.78 is 15.5. The molecule has 20 heavy (non-hydrogen) atoms. The molecule has 1 aliphatic carbocycles. The van der Waals surface area contributed by atoms with Crippen molar-refractivity contribution in [3.05, 3.63) is 34.9 Å². The van der Waals surface area contributed by atoms with Gasteiger partial charge in [0.2, 0.25) is 0 Å². The lowest BCUT2D eigenvalue weighted by atomic mass is 9.75. The van der Waals surface area contributed by atoms with Gasteiger partial charge >= 0.3 is 7.82 Å². The van der Waals surface area contributed by atoms with Crippen molar-refractivity contribution in [2.45, 2.75) is 30.9 Å². The van der Waals surface area contributed by atoms with Crippen LogP contribution in [0, 0.1) is 0 Å². The standard InChI is InChI=1S/C12H15ClNO5P/c13-9-5-2-1-4-8(9)12(14)7-3-6-10(11(12)15)19-20(16,17)18/h1-2,4-5,10H,3,6-7,14H2,(H2,16,17,18). The molecule has 0 aromatic heterocycles. The maximum Gasteiger partial charge on any atom is 0.470 e. The topological polar surface area (TPSA) is 110 Å². The average Bonchev–Trinajstić information content (AvgIpc) is 2.34. The molecular weight excluding hydrogens is 305 g/mol. The van der Waals surface area contributed by atoms with Crippen molar-refractivity contribution in [3.8, 4) is 0 Å². The SMILES string of the molecule is NC1(c2ccccc2Cl)CCCC(OP(=O)(O)O)C1=O. The van der Waals surface area contributed by atoms with Gasteiger partial charge in [-0.05, 0) is 30.9 Å².